The van der Waals surface area contributed by atoms with Gasteiger partial charge in [-0.05, 0) is 37.6 Å². The number of esters is 1. The minimum atomic E-state index is -0.466. The second-order valence-corrected chi connectivity index (χ2v) is 4.60. The standard InChI is InChI=1S/C16H18N2O3/c1-3-20-15-13(5-4-6-14(15)17)16(19)21-10-12-7-11(2)8-18-9-12/h4-9H,3,10,17H2,1-2H3. The summed E-state index contributed by atoms with van der Waals surface area (Å²) in [6, 6.07) is 6.94. The summed E-state index contributed by atoms with van der Waals surface area (Å²) in [5, 5.41) is 0. The van der Waals surface area contributed by atoms with E-state index >= 15 is 0 Å². The molecule has 0 atom stereocenters. The van der Waals surface area contributed by atoms with Crippen LogP contribution in [0, 0.1) is 6.92 Å². The molecule has 0 saturated carbocycles. The van der Waals surface area contributed by atoms with E-state index in [0.29, 0.717) is 23.6 Å². The predicted molar refractivity (Wildman–Crippen MR) is 80.1 cm³/mol. The fourth-order valence-corrected chi connectivity index (χ4v) is 1.94. The lowest BCUT2D eigenvalue weighted by molar-refractivity contribution is 0.0468. The van der Waals surface area contributed by atoms with E-state index in [4.69, 9.17) is 15.2 Å². The summed E-state index contributed by atoms with van der Waals surface area (Å²) < 4.78 is 10.7. The Morgan fingerprint density at radius 1 is 1.33 bits per heavy atom. The van der Waals surface area contributed by atoms with Crippen LogP contribution in [-0.4, -0.2) is 17.6 Å². The number of carbonyl (C=O) groups is 1. The Balaban J connectivity index is 2.12. The molecular formula is C16H18N2O3. The molecular weight excluding hydrogens is 268 g/mol. The van der Waals surface area contributed by atoms with Crippen molar-refractivity contribution in [3.63, 3.8) is 0 Å². The Kier molecular flexibility index (Phi) is 4.77. The Morgan fingerprint density at radius 2 is 2.14 bits per heavy atom. The van der Waals surface area contributed by atoms with Crippen LogP contribution in [-0.2, 0) is 11.3 Å². The fourth-order valence-electron chi connectivity index (χ4n) is 1.94. The van der Waals surface area contributed by atoms with Crippen molar-refractivity contribution in [2.45, 2.75) is 20.5 Å². The molecule has 0 aliphatic carbocycles. The first-order valence-corrected chi connectivity index (χ1v) is 6.70. The van der Waals surface area contributed by atoms with E-state index in [1.165, 1.54) is 0 Å². The van der Waals surface area contributed by atoms with Crippen LogP contribution >= 0.6 is 0 Å². The van der Waals surface area contributed by atoms with Crippen LogP contribution in [0.25, 0.3) is 0 Å². The molecule has 1 aromatic carbocycles. The molecule has 5 nitrogen and oxygen atoms in total. The van der Waals surface area contributed by atoms with Crippen molar-refractivity contribution in [1.29, 1.82) is 0 Å². The lowest BCUT2D eigenvalue weighted by atomic mass is 10.1. The molecule has 2 N–H and O–H groups in total. The van der Waals surface area contributed by atoms with Crippen molar-refractivity contribution in [2.75, 3.05) is 12.3 Å². The quantitative estimate of drug-likeness (QED) is 0.675. The molecule has 0 bridgehead atoms. The zero-order valence-corrected chi connectivity index (χ0v) is 12.1. The normalized spacial score (nSPS) is 10.2. The van der Waals surface area contributed by atoms with Crippen molar-refractivity contribution in [2.24, 2.45) is 0 Å². The topological polar surface area (TPSA) is 74.4 Å². The second kappa shape index (κ2) is 6.74. The van der Waals surface area contributed by atoms with Gasteiger partial charge in [0.1, 0.15) is 12.2 Å². The maximum atomic E-state index is 12.2. The van der Waals surface area contributed by atoms with Gasteiger partial charge in [-0.15, -0.1) is 0 Å². The zero-order chi connectivity index (χ0) is 15.2. The number of anilines is 1. The SMILES string of the molecule is CCOc1c(N)cccc1C(=O)OCc1cncc(C)c1. The number of hydrogen-bond acceptors (Lipinski definition) is 5. The maximum Gasteiger partial charge on any atom is 0.342 e. The fraction of sp³-hybridized carbons (Fsp3) is 0.250. The molecule has 110 valence electrons. The second-order valence-electron chi connectivity index (χ2n) is 4.60. The van der Waals surface area contributed by atoms with E-state index in [-0.39, 0.29) is 6.61 Å². The molecule has 0 aliphatic rings. The average Bonchev–Trinajstić information content (AvgIpc) is 2.47. The van der Waals surface area contributed by atoms with Gasteiger partial charge in [-0.25, -0.2) is 4.79 Å². The number of hydrogen-bond donors (Lipinski definition) is 1. The van der Waals surface area contributed by atoms with E-state index in [1.54, 1.807) is 30.6 Å². The van der Waals surface area contributed by atoms with Gasteiger partial charge < -0.3 is 15.2 Å². The predicted octanol–water partition coefficient (Wildman–Crippen LogP) is 2.73. The molecule has 0 unspecified atom stereocenters. The summed E-state index contributed by atoms with van der Waals surface area (Å²) in [5.74, 6) is -0.0976. The van der Waals surface area contributed by atoms with Crippen LogP contribution in [0.1, 0.15) is 28.4 Å². The lowest BCUT2D eigenvalue weighted by Gasteiger charge is -2.12. The van der Waals surface area contributed by atoms with Gasteiger partial charge in [0.05, 0.1) is 12.3 Å². The zero-order valence-electron chi connectivity index (χ0n) is 12.1. The van der Waals surface area contributed by atoms with Gasteiger partial charge >= 0.3 is 5.97 Å². The summed E-state index contributed by atoms with van der Waals surface area (Å²) in [6.07, 6.45) is 3.42. The molecule has 2 aromatic rings. The van der Waals surface area contributed by atoms with Crippen molar-refractivity contribution in [3.05, 3.63) is 53.3 Å². The van der Waals surface area contributed by atoms with Gasteiger partial charge in [0.25, 0.3) is 0 Å². The Labute approximate surface area is 123 Å². The highest BCUT2D eigenvalue weighted by atomic mass is 16.5. The molecule has 0 saturated heterocycles. The largest absolute Gasteiger partial charge is 0.491 e. The first-order valence-electron chi connectivity index (χ1n) is 6.70. The van der Waals surface area contributed by atoms with Crippen LogP contribution < -0.4 is 10.5 Å². The minimum absolute atomic E-state index is 0.161. The third-order valence-corrected chi connectivity index (χ3v) is 2.86. The number of benzene rings is 1. The summed E-state index contributed by atoms with van der Waals surface area (Å²) in [7, 11) is 0. The monoisotopic (exact) mass is 286 g/mol. The first kappa shape index (κ1) is 14.8. The van der Waals surface area contributed by atoms with Gasteiger partial charge in [-0.1, -0.05) is 6.07 Å². The molecule has 0 spiro atoms. The third kappa shape index (κ3) is 3.72. The van der Waals surface area contributed by atoms with Crippen molar-refractivity contribution in [1.82, 2.24) is 4.98 Å². The molecule has 0 amide bonds. The number of nitrogen functional groups attached to an aromatic ring is 1. The number of carbonyl (C=O) groups excluding carboxylic acids is 1. The maximum absolute atomic E-state index is 12.2. The van der Waals surface area contributed by atoms with Gasteiger partial charge in [0, 0.05) is 18.0 Å². The van der Waals surface area contributed by atoms with Crippen molar-refractivity contribution in [3.8, 4) is 5.75 Å². The highest BCUT2D eigenvalue weighted by molar-refractivity contribution is 5.94. The van der Waals surface area contributed by atoms with Gasteiger partial charge in [-0.2, -0.15) is 0 Å². The summed E-state index contributed by atoms with van der Waals surface area (Å²) in [5.41, 5.74) is 8.43. The van der Waals surface area contributed by atoms with Crippen LogP contribution in [0.5, 0.6) is 5.75 Å². The summed E-state index contributed by atoms with van der Waals surface area (Å²) in [4.78, 5) is 16.2. The molecule has 21 heavy (non-hydrogen) atoms. The number of aromatic nitrogens is 1. The molecule has 2 rings (SSSR count). The van der Waals surface area contributed by atoms with Gasteiger partial charge in [0.15, 0.2) is 5.75 Å². The smallest absolute Gasteiger partial charge is 0.342 e. The molecule has 1 aromatic heterocycles. The average molecular weight is 286 g/mol. The Bertz CT molecular complexity index is 641. The highest BCUT2D eigenvalue weighted by Crippen LogP contribution is 2.27. The molecule has 5 heteroatoms. The molecule has 0 fully saturated rings. The van der Waals surface area contributed by atoms with Crippen LogP contribution in [0.2, 0.25) is 0 Å². The number of rotatable bonds is 5. The van der Waals surface area contributed by atoms with Crippen LogP contribution in [0.3, 0.4) is 0 Å². The summed E-state index contributed by atoms with van der Waals surface area (Å²) >= 11 is 0. The Morgan fingerprint density at radius 3 is 2.86 bits per heavy atom. The minimum Gasteiger partial charge on any atom is -0.491 e. The van der Waals surface area contributed by atoms with Crippen molar-refractivity contribution >= 4 is 11.7 Å². The number of ether oxygens (including phenoxy) is 2. The van der Waals surface area contributed by atoms with Crippen LogP contribution in [0.15, 0.2) is 36.7 Å². The van der Waals surface area contributed by atoms with E-state index in [1.807, 2.05) is 19.9 Å². The number of aryl methyl sites for hydroxylation is 1. The molecule has 0 aliphatic heterocycles. The summed E-state index contributed by atoms with van der Waals surface area (Å²) in [6.45, 7) is 4.35. The Hall–Kier alpha value is -2.56. The highest BCUT2D eigenvalue weighted by Gasteiger charge is 2.16. The molecule has 0 radical (unpaired) electrons. The van der Waals surface area contributed by atoms with Gasteiger partial charge in [0.2, 0.25) is 0 Å². The van der Waals surface area contributed by atoms with Crippen LogP contribution in [0.4, 0.5) is 5.69 Å². The first-order chi connectivity index (χ1) is 10.1. The molecule has 1 heterocycles. The van der Waals surface area contributed by atoms with E-state index in [9.17, 15) is 4.79 Å². The lowest BCUT2D eigenvalue weighted by Crippen LogP contribution is -2.10. The number of nitrogens with zero attached hydrogens (tertiary/aromatic N) is 1. The van der Waals surface area contributed by atoms with Gasteiger partial charge in [-0.3, -0.25) is 4.98 Å². The van der Waals surface area contributed by atoms with Crippen molar-refractivity contribution < 1.29 is 14.3 Å². The van der Waals surface area contributed by atoms with E-state index in [0.717, 1.165) is 11.1 Å². The number of pyridine rings is 1. The van der Waals surface area contributed by atoms with E-state index in [2.05, 4.69) is 4.98 Å². The third-order valence-electron chi connectivity index (χ3n) is 2.86. The number of para-hydroxylation sites is 1. The van der Waals surface area contributed by atoms with E-state index < -0.39 is 5.97 Å². The number of nitrogens with two attached hydrogens (primary N) is 1.